The maximum Gasteiger partial charge on any atom is 0.317 e. The van der Waals surface area contributed by atoms with Crippen LogP contribution in [-0.4, -0.2) is 56.0 Å². The van der Waals surface area contributed by atoms with E-state index in [1.54, 1.807) is 7.11 Å². The van der Waals surface area contributed by atoms with Gasteiger partial charge in [-0.1, -0.05) is 19.8 Å². The average Bonchev–Trinajstić information content (AvgIpc) is 2.39. The lowest BCUT2D eigenvalue weighted by molar-refractivity contribution is 0.194. The molecule has 5 nitrogen and oxygen atoms in total. The van der Waals surface area contributed by atoms with Gasteiger partial charge in [0.25, 0.3) is 0 Å². The second kappa shape index (κ2) is 11.5. The molecule has 2 atom stereocenters. The normalized spacial score (nSPS) is 18.0. The Balaban J connectivity index is 5.62. The first kappa shape index (κ1) is 28.9. The van der Waals surface area contributed by atoms with Gasteiger partial charge in [-0.15, -0.1) is 0 Å². The van der Waals surface area contributed by atoms with Gasteiger partial charge in [0.15, 0.2) is 16.6 Å². The van der Waals surface area contributed by atoms with Gasteiger partial charge in [-0.3, -0.25) is 0 Å². The van der Waals surface area contributed by atoms with E-state index < -0.39 is 42.3 Å². The molecule has 10 heteroatoms. The van der Waals surface area contributed by atoms with Gasteiger partial charge in [0.05, 0.1) is 0 Å². The highest BCUT2D eigenvalue weighted by Crippen LogP contribution is 2.32. The third-order valence-corrected chi connectivity index (χ3v) is 22.2. The minimum atomic E-state index is -2.47. The quantitative estimate of drug-likeness (QED) is 0.199. The molecule has 0 saturated carbocycles. The van der Waals surface area contributed by atoms with Crippen molar-refractivity contribution >= 4 is 42.3 Å². The van der Waals surface area contributed by atoms with Crippen molar-refractivity contribution < 1.29 is 21.2 Å². The van der Waals surface area contributed by atoms with Gasteiger partial charge >= 0.3 is 25.7 Å². The first-order chi connectivity index (χ1) is 12.4. The lowest BCUT2D eigenvalue weighted by atomic mass is 10.4. The first-order valence-corrected chi connectivity index (χ1v) is 25.4. The lowest BCUT2D eigenvalue weighted by Crippen LogP contribution is -2.60. The van der Waals surface area contributed by atoms with Crippen molar-refractivity contribution in [3.8, 4) is 0 Å². The van der Waals surface area contributed by atoms with Crippen molar-refractivity contribution in [2.45, 2.75) is 104 Å². The number of rotatable bonds is 15. The van der Waals surface area contributed by atoms with Crippen LogP contribution in [0.2, 0.25) is 77.6 Å². The number of hydrogen-bond donors (Lipinski definition) is 0. The zero-order chi connectivity index (χ0) is 22.3. The molecule has 0 amide bonds. The van der Waals surface area contributed by atoms with Gasteiger partial charge in [-0.25, -0.2) is 0 Å². The lowest BCUT2D eigenvalue weighted by Gasteiger charge is -2.44. The van der Waals surface area contributed by atoms with Crippen molar-refractivity contribution in [3.63, 3.8) is 0 Å². The molecule has 0 fully saturated rings. The maximum absolute atomic E-state index is 6.98. The van der Waals surface area contributed by atoms with E-state index in [-0.39, 0.29) is 0 Å². The Labute approximate surface area is 180 Å². The first-order valence-electron chi connectivity index (χ1n) is 10.7. The molecular formula is C18H48O5Si5. The van der Waals surface area contributed by atoms with Gasteiger partial charge in [0.2, 0.25) is 0 Å². The summed E-state index contributed by atoms with van der Waals surface area (Å²) in [7, 11) is -8.72. The summed E-state index contributed by atoms with van der Waals surface area (Å²) >= 11 is 0. The fraction of sp³-hybridized carbons (Fsp3) is 1.00. The Morgan fingerprint density at radius 2 is 1.04 bits per heavy atom. The molecule has 0 spiro atoms. The Bertz CT molecular complexity index is 453. The van der Waals surface area contributed by atoms with Crippen LogP contribution in [0, 0.1) is 0 Å². The Kier molecular flexibility index (Phi) is 11.9. The van der Waals surface area contributed by atoms with E-state index in [0.29, 0.717) is 0 Å². The highest BCUT2D eigenvalue weighted by atomic mass is 28.5. The zero-order valence-electron chi connectivity index (χ0n) is 20.8. The summed E-state index contributed by atoms with van der Waals surface area (Å²) in [5.74, 6) is 0. The molecule has 0 aliphatic heterocycles. The third-order valence-electron chi connectivity index (χ3n) is 3.93. The summed E-state index contributed by atoms with van der Waals surface area (Å²) in [6.07, 6.45) is 3.24. The molecule has 0 saturated heterocycles. The Morgan fingerprint density at radius 3 is 1.46 bits per heavy atom. The van der Waals surface area contributed by atoms with Gasteiger partial charge < -0.3 is 21.2 Å². The number of hydrogen-bond acceptors (Lipinski definition) is 5. The highest BCUT2D eigenvalue weighted by Gasteiger charge is 2.48. The molecule has 0 rings (SSSR count). The van der Waals surface area contributed by atoms with Crippen molar-refractivity contribution in [1.82, 2.24) is 0 Å². The van der Waals surface area contributed by atoms with Crippen LogP contribution in [0.5, 0.6) is 0 Å². The molecule has 0 heterocycles. The highest BCUT2D eigenvalue weighted by molar-refractivity contribution is 6.90. The SMILES string of the molecule is CCCC[Si](C)(O[Si](C)(C)C)O[Si](C)(CCCOC)O[Si](C)(C)O[Si](C)(C)C. The summed E-state index contributed by atoms with van der Waals surface area (Å²) in [6.45, 7) is 25.2. The minimum Gasteiger partial charge on any atom is -0.437 e. The fourth-order valence-electron chi connectivity index (χ4n) is 3.66. The second-order valence-electron chi connectivity index (χ2n) is 10.5. The molecule has 0 aromatic rings. The molecule has 0 aromatic heterocycles. The van der Waals surface area contributed by atoms with E-state index in [4.69, 9.17) is 21.2 Å². The van der Waals surface area contributed by atoms with Gasteiger partial charge in [-0.05, 0) is 84.0 Å². The minimum absolute atomic E-state index is 0.730. The molecule has 170 valence electrons. The molecule has 0 aliphatic rings. The van der Waals surface area contributed by atoms with E-state index >= 15 is 0 Å². The van der Waals surface area contributed by atoms with E-state index in [2.05, 4.69) is 72.4 Å². The van der Waals surface area contributed by atoms with Crippen LogP contribution in [0.4, 0.5) is 0 Å². The third kappa shape index (κ3) is 14.0. The largest absolute Gasteiger partial charge is 0.437 e. The Hall–Kier alpha value is 0.884. The van der Waals surface area contributed by atoms with Crippen LogP contribution in [0.1, 0.15) is 26.2 Å². The number of ether oxygens (including phenoxy) is 1. The zero-order valence-corrected chi connectivity index (χ0v) is 25.8. The number of methoxy groups -OCH3 is 1. The summed E-state index contributed by atoms with van der Waals surface area (Å²) in [6, 6.07) is 1.94. The maximum atomic E-state index is 6.98. The van der Waals surface area contributed by atoms with Crippen LogP contribution < -0.4 is 0 Å². The molecule has 0 radical (unpaired) electrons. The molecule has 0 N–H and O–H groups in total. The van der Waals surface area contributed by atoms with Crippen molar-refractivity contribution in [2.24, 2.45) is 0 Å². The van der Waals surface area contributed by atoms with E-state index in [1.807, 2.05) is 0 Å². The molecule has 0 aliphatic carbocycles. The van der Waals surface area contributed by atoms with Gasteiger partial charge in [-0.2, -0.15) is 0 Å². The van der Waals surface area contributed by atoms with Gasteiger partial charge in [0, 0.05) is 13.7 Å². The van der Waals surface area contributed by atoms with Crippen LogP contribution >= 0.6 is 0 Å². The second-order valence-corrected chi connectivity index (χ2v) is 30.6. The summed E-state index contributed by atoms with van der Waals surface area (Å²) < 4.78 is 32.3. The topological polar surface area (TPSA) is 46.2 Å². The van der Waals surface area contributed by atoms with Gasteiger partial charge in [0.1, 0.15) is 0 Å². The number of unbranched alkanes of at least 4 members (excludes halogenated alkanes) is 1. The van der Waals surface area contributed by atoms with Crippen LogP contribution in [0.3, 0.4) is 0 Å². The van der Waals surface area contributed by atoms with Crippen molar-refractivity contribution in [1.29, 1.82) is 0 Å². The smallest absolute Gasteiger partial charge is 0.317 e. The van der Waals surface area contributed by atoms with E-state index in [1.165, 1.54) is 0 Å². The standard InChI is InChI=1S/C18H48O5Si5/c1-13-14-17-27(11,21-25(6,7)8)23-28(12,18-15-16-19-2)22-26(9,10)20-24(3,4)5/h13-18H2,1-12H3. The van der Waals surface area contributed by atoms with Crippen LogP contribution in [0.15, 0.2) is 0 Å². The van der Waals surface area contributed by atoms with E-state index in [0.717, 1.165) is 38.0 Å². The average molecular weight is 485 g/mol. The monoisotopic (exact) mass is 484 g/mol. The van der Waals surface area contributed by atoms with E-state index in [9.17, 15) is 0 Å². The molecule has 0 bridgehead atoms. The molecule has 0 aromatic carbocycles. The predicted molar refractivity (Wildman–Crippen MR) is 133 cm³/mol. The van der Waals surface area contributed by atoms with Crippen molar-refractivity contribution in [3.05, 3.63) is 0 Å². The molecule has 2 unspecified atom stereocenters. The Morgan fingerprint density at radius 1 is 0.571 bits per heavy atom. The van der Waals surface area contributed by atoms with Crippen LogP contribution in [-0.2, 0) is 21.2 Å². The fourth-order valence-corrected chi connectivity index (χ4v) is 27.6. The summed E-state index contributed by atoms with van der Waals surface area (Å²) in [5, 5.41) is 0. The molecule has 28 heavy (non-hydrogen) atoms. The summed E-state index contributed by atoms with van der Waals surface area (Å²) in [4.78, 5) is 0. The molecular weight excluding hydrogens is 437 g/mol. The van der Waals surface area contributed by atoms with Crippen molar-refractivity contribution in [2.75, 3.05) is 13.7 Å². The predicted octanol–water partition coefficient (Wildman–Crippen LogP) is 6.41. The summed E-state index contributed by atoms with van der Waals surface area (Å²) in [5.41, 5.74) is 0. The van der Waals surface area contributed by atoms with Crippen LogP contribution in [0.25, 0.3) is 0 Å².